The first-order valence-corrected chi connectivity index (χ1v) is 9.68. The number of thiazole rings is 1. The van der Waals surface area contributed by atoms with E-state index in [-0.39, 0.29) is 11.7 Å². The molecule has 1 aromatic heterocycles. The van der Waals surface area contributed by atoms with E-state index >= 15 is 0 Å². The van der Waals surface area contributed by atoms with E-state index in [2.05, 4.69) is 10.3 Å². The minimum atomic E-state index is -0.406. The summed E-state index contributed by atoms with van der Waals surface area (Å²) in [6.45, 7) is 1.94. The number of nitrogens with one attached hydrogen (secondary N) is 1. The van der Waals surface area contributed by atoms with Gasteiger partial charge in [0.25, 0.3) is 5.91 Å². The number of amides is 2. The van der Waals surface area contributed by atoms with E-state index in [9.17, 15) is 9.59 Å². The molecule has 1 heterocycles. The van der Waals surface area contributed by atoms with E-state index in [1.54, 1.807) is 6.07 Å². The predicted octanol–water partition coefficient (Wildman–Crippen LogP) is 3.95. The van der Waals surface area contributed by atoms with E-state index < -0.39 is 5.91 Å². The Morgan fingerprint density at radius 3 is 2.62 bits per heavy atom. The summed E-state index contributed by atoms with van der Waals surface area (Å²) in [7, 11) is 0. The second-order valence-electron chi connectivity index (χ2n) is 5.60. The van der Waals surface area contributed by atoms with Gasteiger partial charge >= 0.3 is 0 Å². The van der Waals surface area contributed by atoms with Gasteiger partial charge in [0.2, 0.25) is 5.91 Å². The summed E-state index contributed by atoms with van der Waals surface area (Å²) in [6.07, 6.45) is 0. The maximum Gasteiger partial charge on any atom is 0.256 e. The summed E-state index contributed by atoms with van der Waals surface area (Å²) in [6, 6.07) is 17.0. The van der Waals surface area contributed by atoms with Crippen molar-refractivity contribution in [2.45, 2.75) is 11.3 Å². The van der Waals surface area contributed by atoms with Crippen molar-refractivity contribution in [1.82, 2.24) is 4.98 Å². The molecular formula is C19H17N3O2S2. The Kier molecular flexibility index (Phi) is 5.70. The molecule has 0 spiro atoms. The number of thioether (sulfide) groups is 1. The van der Waals surface area contributed by atoms with Crippen LogP contribution in [-0.4, -0.2) is 22.6 Å². The Hall–Kier alpha value is -2.64. The van der Waals surface area contributed by atoms with Crippen LogP contribution in [0.4, 0.5) is 5.00 Å². The van der Waals surface area contributed by atoms with Crippen LogP contribution >= 0.6 is 23.1 Å². The zero-order chi connectivity index (χ0) is 18.5. The number of benzene rings is 2. The molecule has 0 saturated heterocycles. The second kappa shape index (κ2) is 8.16. The summed E-state index contributed by atoms with van der Waals surface area (Å²) in [4.78, 5) is 28.2. The number of primary amides is 1. The number of aromatic nitrogens is 1. The molecule has 2 aromatic carbocycles. The molecule has 5 nitrogen and oxygen atoms in total. The van der Waals surface area contributed by atoms with Crippen LogP contribution in [0.25, 0.3) is 11.3 Å². The molecule has 0 saturated carbocycles. The van der Waals surface area contributed by atoms with Crippen LogP contribution in [0.5, 0.6) is 0 Å². The monoisotopic (exact) mass is 383 g/mol. The molecular weight excluding hydrogens is 366 g/mol. The molecule has 0 bridgehead atoms. The first-order valence-electron chi connectivity index (χ1n) is 7.88. The molecule has 0 aliphatic carbocycles. The van der Waals surface area contributed by atoms with Crippen molar-refractivity contribution < 1.29 is 9.59 Å². The second-order valence-corrected chi connectivity index (χ2v) is 7.82. The summed E-state index contributed by atoms with van der Waals surface area (Å²) in [5.41, 5.74) is 8.40. The van der Waals surface area contributed by atoms with E-state index in [4.69, 9.17) is 5.73 Å². The van der Waals surface area contributed by atoms with Gasteiger partial charge in [0.05, 0.1) is 5.75 Å². The molecule has 3 aromatic rings. The predicted molar refractivity (Wildman–Crippen MR) is 107 cm³/mol. The lowest BCUT2D eigenvalue weighted by Crippen LogP contribution is -2.12. The standard InChI is InChI=1S/C19H17N3O2S2/c1-12-6-5-9-14(10-12)17(24)22-18-16(13-7-3-2-4-8-13)21-19(26-18)25-11-15(20)23/h2-10H,11H2,1H3,(H2,20,23)(H,22,24). The molecule has 0 unspecified atom stereocenters. The molecule has 0 aliphatic heterocycles. The van der Waals surface area contributed by atoms with Gasteiger partial charge in [-0.3, -0.25) is 9.59 Å². The lowest BCUT2D eigenvalue weighted by molar-refractivity contribution is -0.115. The summed E-state index contributed by atoms with van der Waals surface area (Å²) in [5, 5.41) is 3.60. The zero-order valence-corrected chi connectivity index (χ0v) is 15.7. The average Bonchev–Trinajstić information content (AvgIpc) is 3.03. The number of nitrogens with zero attached hydrogens (tertiary/aromatic N) is 1. The van der Waals surface area contributed by atoms with Crippen LogP contribution in [0.15, 0.2) is 58.9 Å². The van der Waals surface area contributed by atoms with Crippen molar-refractivity contribution in [2.75, 3.05) is 11.1 Å². The number of rotatable bonds is 6. The van der Waals surface area contributed by atoms with Crippen LogP contribution in [0.2, 0.25) is 0 Å². The molecule has 3 N–H and O–H groups in total. The van der Waals surface area contributed by atoms with Gasteiger partial charge in [0, 0.05) is 11.1 Å². The largest absolute Gasteiger partial charge is 0.369 e. The van der Waals surface area contributed by atoms with E-state index in [0.717, 1.165) is 11.1 Å². The number of carbonyl (C=O) groups is 2. The lowest BCUT2D eigenvalue weighted by atomic mass is 10.1. The number of carbonyl (C=O) groups excluding carboxylic acids is 2. The highest BCUT2D eigenvalue weighted by Gasteiger charge is 2.17. The maximum absolute atomic E-state index is 12.6. The van der Waals surface area contributed by atoms with Crippen LogP contribution < -0.4 is 11.1 Å². The van der Waals surface area contributed by atoms with E-state index in [1.807, 2.05) is 55.5 Å². The minimum absolute atomic E-state index is 0.146. The van der Waals surface area contributed by atoms with Crippen molar-refractivity contribution in [1.29, 1.82) is 0 Å². The van der Waals surface area contributed by atoms with Gasteiger partial charge in [0.15, 0.2) is 4.34 Å². The molecule has 0 aliphatic rings. The highest BCUT2D eigenvalue weighted by molar-refractivity contribution is 8.01. The molecule has 2 amide bonds. The molecule has 0 radical (unpaired) electrons. The van der Waals surface area contributed by atoms with Crippen molar-refractivity contribution in [3.05, 3.63) is 65.7 Å². The van der Waals surface area contributed by atoms with Gasteiger partial charge < -0.3 is 11.1 Å². The number of hydrogen-bond donors (Lipinski definition) is 2. The molecule has 0 atom stereocenters. The zero-order valence-electron chi connectivity index (χ0n) is 14.1. The highest BCUT2D eigenvalue weighted by atomic mass is 32.2. The average molecular weight is 383 g/mol. The quantitative estimate of drug-likeness (QED) is 0.631. The third kappa shape index (κ3) is 4.50. The van der Waals surface area contributed by atoms with Crippen molar-refractivity contribution in [3.63, 3.8) is 0 Å². The SMILES string of the molecule is Cc1cccc(C(=O)Nc2sc(SCC(N)=O)nc2-c2ccccc2)c1. The van der Waals surface area contributed by atoms with Crippen LogP contribution in [-0.2, 0) is 4.79 Å². The molecule has 26 heavy (non-hydrogen) atoms. The van der Waals surface area contributed by atoms with Crippen molar-refractivity contribution >= 4 is 39.9 Å². The number of nitrogens with two attached hydrogens (primary N) is 1. The molecule has 3 rings (SSSR count). The van der Waals surface area contributed by atoms with Crippen molar-refractivity contribution in [3.8, 4) is 11.3 Å². The Balaban J connectivity index is 1.91. The van der Waals surface area contributed by atoms with E-state index in [1.165, 1.54) is 23.1 Å². The fourth-order valence-electron chi connectivity index (χ4n) is 2.33. The van der Waals surface area contributed by atoms with Crippen LogP contribution in [0.3, 0.4) is 0 Å². The normalized spacial score (nSPS) is 10.5. The van der Waals surface area contributed by atoms with Gasteiger partial charge in [-0.2, -0.15) is 0 Å². The molecule has 132 valence electrons. The van der Waals surface area contributed by atoms with Crippen LogP contribution in [0, 0.1) is 6.92 Å². The van der Waals surface area contributed by atoms with Gasteiger partial charge in [-0.05, 0) is 19.1 Å². The van der Waals surface area contributed by atoms with Gasteiger partial charge in [-0.25, -0.2) is 4.98 Å². The topological polar surface area (TPSA) is 85.1 Å². The van der Waals surface area contributed by atoms with Crippen LogP contribution in [0.1, 0.15) is 15.9 Å². The Morgan fingerprint density at radius 2 is 1.92 bits per heavy atom. The first-order chi connectivity index (χ1) is 12.5. The maximum atomic E-state index is 12.6. The molecule has 7 heteroatoms. The third-order valence-corrected chi connectivity index (χ3v) is 5.64. The lowest BCUT2D eigenvalue weighted by Gasteiger charge is -2.06. The van der Waals surface area contributed by atoms with E-state index in [0.29, 0.717) is 20.6 Å². The fourth-order valence-corrected chi connectivity index (χ4v) is 4.13. The fraction of sp³-hybridized carbons (Fsp3) is 0.105. The number of aryl methyl sites for hydroxylation is 1. The summed E-state index contributed by atoms with van der Waals surface area (Å²) >= 11 is 2.60. The minimum Gasteiger partial charge on any atom is -0.369 e. The Labute approximate surface area is 159 Å². The van der Waals surface area contributed by atoms with Gasteiger partial charge in [-0.1, -0.05) is 71.1 Å². The van der Waals surface area contributed by atoms with Gasteiger partial charge in [-0.15, -0.1) is 0 Å². The smallest absolute Gasteiger partial charge is 0.256 e. The Bertz CT molecular complexity index is 939. The molecule has 0 fully saturated rings. The third-order valence-electron chi connectivity index (χ3n) is 3.50. The number of hydrogen-bond acceptors (Lipinski definition) is 5. The summed E-state index contributed by atoms with van der Waals surface area (Å²) < 4.78 is 0.683. The Morgan fingerprint density at radius 1 is 1.15 bits per heavy atom. The summed E-state index contributed by atoms with van der Waals surface area (Å²) in [5.74, 6) is -0.453. The highest BCUT2D eigenvalue weighted by Crippen LogP contribution is 2.37. The van der Waals surface area contributed by atoms with Crippen molar-refractivity contribution in [2.24, 2.45) is 5.73 Å². The number of anilines is 1. The van der Waals surface area contributed by atoms with Gasteiger partial charge in [0.1, 0.15) is 10.7 Å². The first kappa shape index (κ1) is 18.2.